The number of carbonyl (C=O) groups excluding carboxylic acids is 1. The maximum absolute atomic E-state index is 13.1. The van der Waals surface area contributed by atoms with E-state index >= 15 is 0 Å². The number of sulfonamides is 1. The molecule has 4 N–H and O–H groups in total. The van der Waals surface area contributed by atoms with E-state index in [1.807, 2.05) is 0 Å². The van der Waals surface area contributed by atoms with Crippen LogP contribution in [0.1, 0.15) is 32.1 Å². The molecular weight excluding hydrogens is 513 g/mol. The van der Waals surface area contributed by atoms with Gasteiger partial charge in [0.05, 0.1) is 29.8 Å². The number of anilines is 1. The van der Waals surface area contributed by atoms with Crippen molar-refractivity contribution < 1.29 is 31.5 Å². The molecule has 14 heteroatoms. The highest BCUT2D eigenvalue weighted by atomic mass is 32.2. The number of benzene rings is 1. The lowest BCUT2D eigenvalue weighted by molar-refractivity contribution is -0.252. The zero-order valence-corrected chi connectivity index (χ0v) is 20.7. The number of nitrogens with one attached hydrogen (secondary N) is 3. The van der Waals surface area contributed by atoms with Crippen molar-refractivity contribution in [3.63, 3.8) is 0 Å². The number of halogens is 3. The Hall–Kier alpha value is -2.44. The number of hydrogen-bond acceptors (Lipinski definition) is 8. The molecular formula is C23H29F3N6O4S. The third kappa shape index (κ3) is 4.79. The molecule has 10 nitrogen and oxygen atoms in total. The Kier molecular flexibility index (Phi) is 6.64. The number of fused-ring (bicyclic) bond motifs is 1. The van der Waals surface area contributed by atoms with E-state index in [1.165, 1.54) is 24.3 Å². The Morgan fingerprint density at radius 1 is 1.24 bits per heavy atom. The van der Waals surface area contributed by atoms with E-state index in [9.17, 15) is 36.8 Å². The molecule has 4 fully saturated rings. The van der Waals surface area contributed by atoms with Crippen LogP contribution in [0.5, 0.6) is 0 Å². The van der Waals surface area contributed by atoms with E-state index in [4.69, 9.17) is 0 Å². The number of rotatable bonds is 7. The molecule has 0 radical (unpaired) electrons. The molecule has 4 aliphatic rings. The number of alkyl halides is 3. The van der Waals surface area contributed by atoms with Crippen LogP contribution in [0, 0.1) is 23.2 Å². The van der Waals surface area contributed by atoms with Crippen molar-refractivity contribution in [2.75, 3.05) is 25.0 Å². The SMILES string of the molecule is N#CC[C@@H](C1CC1)N1NC(Nc2ccc(S(=O)(=O)N3CCC(O)(C(F)(F)F)C3)cc2)C2C(=O)NCCC21. The van der Waals surface area contributed by atoms with Gasteiger partial charge in [-0.1, -0.05) is 0 Å². The second-order valence-corrected chi connectivity index (χ2v) is 12.2. The lowest BCUT2D eigenvalue weighted by atomic mass is 9.90. The van der Waals surface area contributed by atoms with Crippen LogP contribution in [0.15, 0.2) is 29.2 Å². The summed E-state index contributed by atoms with van der Waals surface area (Å²) >= 11 is 0. The number of aliphatic hydroxyl groups is 1. The van der Waals surface area contributed by atoms with Gasteiger partial charge in [-0.15, -0.1) is 0 Å². The highest BCUT2D eigenvalue weighted by Gasteiger charge is 2.59. The Balaban J connectivity index is 1.31. The first-order valence-corrected chi connectivity index (χ1v) is 13.7. The van der Waals surface area contributed by atoms with Gasteiger partial charge in [0.15, 0.2) is 5.60 Å². The first-order chi connectivity index (χ1) is 17.4. The molecule has 1 saturated carbocycles. The number of nitrogens with zero attached hydrogens (tertiary/aromatic N) is 3. The summed E-state index contributed by atoms with van der Waals surface area (Å²) in [6.45, 7) is -0.950. The van der Waals surface area contributed by atoms with Gasteiger partial charge in [-0.3, -0.25) is 4.79 Å². The summed E-state index contributed by atoms with van der Waals surface area (Å²) in [7, 11) is -4.24. The van der Waals surface area contributed by atoms with Crippen molar-refractivity contribution in [3.05, 3.63) is 24.3 Å². The first kappa shape index (κ1) is 26.2. The fourth-order valence-electron chi connectivity index (χ4n) is 5.62. The summed E-state index contributed by atoms with van der Waals surface area (Å²) in [6, 6.07) is 7.72. The number of nitriles is 1. The standard InChI is InChI=1S/C23H29F3N6O4S/c24-23(25,26)22(34)9-12-31(13-22)37(35,36)16-5-3-15(4-6-16)29-20-19-18(8-11-28-21(19)33)32(30-20)17(7-10-27)14-1-2-14/h3-6,14,17-20,29-30,34H,1-2,7-9,11-13H2,(H,28,33)/t17-,18?,19?,20?,22?/m0/s1. The Bertz CT molecular complexity index is 1190. The van der Waals surface area contributed by atoms with Crippen LogP contribution >= 0.6 is 0 Å². The molecule has 37 heavy (non-hydrogen) atoms. The molecule has 0 bridgehead atoms. The fourth-order valence-corrected chi connectivity index (χ4v) is 7.11. The number of piperidine rings is 1. The molecule has 5 rings (SSSR count). The van der Waals surface area contributed by atoms with Crippen molar-refractivity contribution in [3.8, 4) is 6.07 Å². The van der Waals surface area contributed by atoms with Crippen molar-refractivity contribution in [2.45, 2.75) is 67.0 Å². The van der Waals surface area contributed by atoms with Gasteiger partial charge in [0.1, 0.15) is 6.17 Å². The molecule has 4 unspecified atom stereocenters. The van der Waals surface area contributed by atoms with Crippen LogP contribution in [0.2, 0.25) is 0 Å². The van der Waals surface area contributed by atoms with Gasteiger partial charge in [0, 0.05) is 37.3 Å². The minimum Gasteiger partial charge on any atom is -0.379 e. The average Bonchev–Trinajstić information content (AvgIpc) is 3.49. The van der Waals surface area contributed by atoms with Crippen LogP contribution in [-0.2, 0) is 14.8 Å². The maximum atomic E-state index is 13.1. The van der Waals surface area contributed by atoms with E-state index in [0.29, 0.717) is 28.9 Å². The Morgan fingerprint density at radius 3 is 2.54 bits per heavy atom. The minimum atomic E-state index is -4.93. The quantitative estimate of drug-likeness (QED) is 0.403. The summed E-state index contributed by atoms with van der Waals surface area (Å²) in [5.41, 5.74) is 0.834. The normalized spacial score (nSPS) is 32.0. The molecule has 1 amide bonds. The van der Waals surface area contributed by atoms with Crippen LogP contribution in [0.3, 0.4) is 0 Å². The molecule has 1 aromatic carbocycles. The second kappa shape index (κ2) is 9.39. The number of hydrazine groups is 1. The van der Waals surface area contributed by atoms with Gasteiger partial charge < -0.3 is 15.7 Å². The predicted octanol–water partition coefficient (Wildman–Crippen LogP) is 1.13. The predicted molar refractivity (Wildman–Crippen MR) is 125 cm³/mol. The highest BCUT2D eigenvalue weighted by Crippen LogP contribution is 2.41. The molecule has 3 heterocycles. The topological polar surface area (TPSA) is 138 Å². The van der Waals surface area contributed by atoms with E-state index in [1.54, 1.807) is 0 Å². The minimum absolute atomic E-state index is 0.00137. The molecule has 1 aliphatic carbocycles. The van der Waals surface area contributed by atoms with Gasteiger partial charge in [-0.2, -0.15) is 22.7 Å². The van der Waals surface area contributed by atoms with Crippen LogP contribution in [0.25, 0.3) is 0 Å². The zero-order chi connectivity index (χ0) is 26.6. The molecule has 1 aromatic rings. The number of hydrogen-bond donors (Lipinski definition) is 4. The number of amides is 1. The lowest BCUT2D eigenvalue weighted by Gasteiger charge is -2.34. The molecule has 0 spiro atoms. The molecule has 3 aliphatic heterocycles. The summed E-state index contributed by atoms with van der Waals surface area (Å²) in [4.78, 5) is 12.6. The fraction of sp³-hybridized carbons (Fsp3) is 0.652. The molecule has 5 atom stereocenters. The second-order valence-electron chi connectivity index (χ2n) is 10.2. The van der Waals surface area contributed by atoms with Gasteiger partial charge in [-0.05, 0) is 49.4 Å². The summed E-state index contributed by atoms with van der Waals surface area (Å²) in [6.07, 6.45) is -2.98. The van der Waals surface area contributed by atoms with Crippen molar-refractivity contribution in [2.24, 2.45) is 11.8 Å². The third-order valence-corrected chi connectivity index (χ3v) is 9.70. The zero-order valence-electron chi connectivity index (χ0n) is 19.9. The summed E-state index contributed by atoms with van der Waals surface area (Å²) < 4.78 is 65.9. The molecule has 202 valence electrons. The van der Waals surface area contributed by atoms with Gasteiger partial charge in [0.2, 0.25) is 15.9 Å². The number of β-amino-alcohol motifs (C(OH)–C–C–N with tert-alkyl or cyclic N) is 1. The summed E-state index contributed by atoms with van der Waals surface area (Å²) in [5.74, 6) is -0.135. The van der Waals surface area contributed by atoms with Crippen molar-refractivity contribution in [1.82, 2.24) is 20.1 Å². The average molecular weight is 543 g/mol. The monoisotopic (exact) mass is 542 g/mol. The van der Waals surface area contributed by atoms with E-state index in [-0.39, 0.29) is 22.9 Å². The van der Waals surface area contributed by atoms with E-state index < -0.39 is 53.4 Å². The molecule has 3 saturated heterocycles. The van der Waals surface area contributed by atoms with E-state index in [0.717, 1.165) is 19.3 Å². The van der Waals surface area contributed by atoms with Gasteiger partial charge in [0.25, 0.3) is 0 Å². The Labute approximate surface area is 212 Å². The van der Waals surface area contributed by atoms with Crippen molar-refractivity contribution in [1.29, 1.82) is 5.26 Å². The van der Waals surface area contributed by atoms with Gasteiger partial charge in [-0.25, -0.2) is 18.9 Å². The van der Waals surface area contributed by atoms with Crippen LogP contribution in [0.4, 0.5) is 18.9 Å². The van der Waals surface area contributed by atoms with Crippen LogP contribution < -0.4 is 16.1 Å². The van der Waals surface area contributed by atoms with Crippen molar-refractivity contribution >= 4 is 21.6 Å². The Morgan fingerprint density at radius 2 is 1.95 bits per heavy atom. The molecule has 0 aromatic heterocycles. The van der Waals surface area contributed by atoms with E-state index in [2.05, 4.69) is 27.1 Å². The maximum Gasteiger partial charge on any atom is 0.418 e. The largest absolute Gasteiger partial charge is 0.418 e. The number of carbonyl (C=O) groups is 1. The lowest BCUT2D eigenvalue weighted by Crippen LogP contribution is -2.52. The highest BCUT2D eigenvalue weighted by molar-refractivity contribution is 7.89. The van der Waals surface area contributed by atoms with Crippen LogP contribution in [-0.4, -0.2) is 78.4 Å². The third-order valence-electron chi connectivity index (χ3n) is 7.84. The van der Waals surface area contributed by atoms with Gasteiger partial charge >= 0.3 is 6.18 Å². The summed E-state index contributed by atoms with van der Waals surface area (Å²) in [5, 5.41) is 27.4. The smallest absolute Gasteiger partial charge is 0.379 e. The first-order valence-electron chi connectivity index (χ1n) is 12.3.